The molecule has 3 aromatic rings. The summed E-state index contributed by atoms with van der Waals surface area (Å²) in [6, 6.07) is 20.1. The third-order valence-corrected chi connectivity index (χ3v) is 4.97. The van der Waals surface area contributed by atoms with Crippen molar-refractivity contribution in [3.8, 4) is 11.5 Å². The van der Waals surface area contributed by atoms with Gasteiger partial charge in [0.15, 0.2) is 18.1 Å². The monoisotopic (exact) mass is 497 g/mol. The van der Waals surface area contributed by atoms with Crippen LogP contribution in [0.25, 0.3) is 0 Å². The molecule has 3 rings (SSSR count). The Hall–Kier alpha value is -4.47. The number of hydrogen-bond donors (Lipinski definition) is 2. The zero-order chi connectivity index (χ0) is 25.9. The standard InChI is InChI=1S/C26H25F2N3O5/c1-17(19-8-4-3-5-9-19)30-25(33)20-10-6-7-11-21(20)31-24(32)16-35-29-15-18-12-13-22(36-26(27)28)23(14-18)34-2/h3-15,17,26H,16H2,1-2H3,(H,30,33)(H,31,32)/b29-15-/t17-/m1/s1. The first kappa shape index (κ1) is 26.1. The van der Waals surface area contributed by atoms with E-state index in [1.54, 1.807) is 24.3 Å². The number of oxime groups is 1. The van der Waals surface area contributed by atoms with E-state index in [1.807, 2.05) is 37.3 Å². The number of carbonyl (C=O) groups excluding carboxylic acids is 2. The summed E-state index contributed by atoms with van der Waals surface area (Å²) in [5, 5.41) is 9.27. The SMILES string of the molecule is COc1cc(/C=N\OCC(=O)Nc2ccccc2C(=O)N[C@H](C)c2ccccc2)ccc1OC(F)F. The van der Waals surface area contributed by atoms with Gasteiger partial charge in [0, 0.05) is 5.56 Å². The number of carbonyl (C=O) groups is 2. The first-order chi connectivity index (χ1) is 17.4. The number of benzene rings is 3. The molecule has 0 unspecified atom stereocenters. The molecule has 0 aromatic heterocycles. The minimum absolute atomic E-state index is 0.0912. The van der Waals surface area contributed by atoms with E-state index in [-0.39, 0.29) is 23.4 Å². The Bertz CT molecular complexity index is 1210. The van der Waals surface area contributed by atoms with E-state index in [0.29, 0.717) is 16.8 Å². The fourth-order valence-electron chi connectivity index (χ4n) is 3.23. The highest BCUT2D eigenvalue weighted by Crippen LogP contribution is 2.29. The van der Waals surface area contributed by atoms with E-state index >= 15 is 0 Å². The zero-order valence-electron chi connectivity index (χ0n) is 19.6. The Labute approximate surface area is 206 Å². The molecular formula is C26H25F2N3O5. The molecule has 10 heteroatoms. The third kappa shape index (κ3) is 7.52. The summed E-state index contributed by atoms with van der Waals surface area (Å²) >= 11 is 0. The van der Waals surface area contributed by atoms with E-state index in [9.17, 15) is 18.4 Å². The van der Waals surface area contributed by atoms with Crippen LogP contribution < -0.4 is 20.1 Å². The second kappa shape index (κ2) is 12.8. The number of nitrogens with one attached hydrogen (secondary N) is 2. The van der Waals surface area contributed by atoms with E-state index < -0.39 is 19.1 Å². The summed E-state index contributed by atoms with van der Waals surface area (Å²) in [6.45, 7) is -1.53. The van der Waals surface area contributed by atoms with Gasteiger partial charge in [-0.1, -0.05) is 47.6 Å². The van der Waals surface area contributed by atoms with E-state index in [2.05, 4.69) is 20.5 Å². The molecular weight excluding hydrogens is 472 g/mol. The molecule has 0 aliphatic carbocycles. The maximum absolute atomic E-state index is 12.8. The van der Waals surface area contributed by atoms with Crippen molar-refractivity contribution in [2.24, 2.45) is 5.16 Å². The van der Waals surface area contributed by atoms with E-state index in [1.165, 1.54) is 31.5 Å². The van der Waals surface area contributed by atoms with Crippen LogP contribution in [0.5, 0.6) is 11.5 Å². The predicted molar refractivity (Wildman–Crippen MR) is 131 cm³/mol. The quantitative estimate of drug-likeness (QED) is 0.294. The van der Waals surface area contributed by atoms with Crippen LogP contribution in [0.2, 0.25) is 0 Å². The summed E-state index contributed by atoms with van der Waals surface area (Å²) in [6.07, 6.45) is 1.29. The lowest BCUT2D eigenvalue weighted by Crippen LogP contribution is -2.28. The lowest BCUT2D eigenvalue weighted by atomic mass is 10.1. The number of hydrogen-bond acceptors (Lipinski definition) is 6. The van der Waals surface area contributed by atoms with Gasteiger partial charge in [-0.25, -0.2) is 0 Å². The molecule has 0 aliphatic rings. The Morgan fingerprint density at radius 1 is 1.00 bits per heavy atom. The van der Waals surface area contributed by atoms with Gasteiger partial charge in [-0.05, 0) is 42.8 Å². The number of para-hydroxylation sites is 1. The van der Waals surface area contributed by atoms with Crippen LogP contribution in [-0.2, 0) is 9.63 Å². The van der Waals surface area contributed by atoms with Crippen molar-refractivity contribution in [3.63, 3.8) is 0 Å². The van der Waals surface area contributed by atoms with Crippen LogP contribution in [0.3, 0.4) is 0 Å². The Kier molecular flexibility index (Phi) is 9.33. The summed E-state index contributed by atoms with van der Waals surface area (Å²) in [5.41, 5.74) is 2.05. The van der Waals surface area contributed by atoms with E-state index in [4.69, 9.17) is 9.57 Å². The molecule has 0 radical (unpaired) electrons. The van der Waals surface area contributed by atoms with Crippen LogP contribution >= 0.6 is 0 Å². The van der Waals surface area contributed by atoms with Gasteiger partial charge in [0.1, 0.15) is 0 Å². The molecule has 0 aliphatic heterocycles. The number of rotatable bonds is 11. The van der Waals surface area contributed by atoms with Crippen molar-refractivity contribution in [1.29, 1.82) is 0 Å². The van der Waals surface area contributed by atoms with Crippen molar-refractivity contribution < 1.29 is 32.7 Å². The van der Waals surface area contributed by atoms with Crippen molar-refractivity contribution in [2.75, 3.05) is 19.0 Å². The average Bonchev–Trinajstić information content (AvgIpc) is 2.87. The molecule has 0 saturated carbocycles. The molecule has 8 nitrogen and oxygen atoms in total. The largest absolute Gasteiger partial charge is 0.493 e. The van der Waals surface area contributed by atoms with Crippen LogP contribution in [0, 0.1) is 0 Å². The number of methoxy groups -OCH3 is 1. The van der Waals surface area contributed by atoms with Crippen molar-refractivity contribution in [3.05, 3.63) is 89.5 Å². The second-order valence-corrected chi connectivity index (χ2v) is 7.50. The minimum Gasteiger partial charge on any atom is -0.493 e. The fraction of sp³-hybridized carbons (Fsp3) is 0.192. The lowest BCUT2D eigenvalue weighted by Gasteiger charge is -2.16. The molecule has 0 saturated heterocycles. The van der Waals surface area contributed by atoms with Gasteiger partial charge in [0.05, 0.1) is 30.6 Å². The molecule has 2 amide bonds. The highest BCUT2D eigenvalue weighted by molar-refractivity contribution is 6.04. The minimum atomic E-state index is -2.98. The number of halogens is 2. The fourth-order valence-corrected chi connectivity index (χ4v) is 3.23. The number of ether oxygens (including phenoxy) is 2. The summed E-state index contributed by atoms with van der Waals surface area (Å²) < 4.78 is 34.2. The van der Waals surface area contributed by atoms with Crippen molar-refractivity contribution in [2.45, 2.75) is 19.6 Å². The maximum atomic E-state index is 12.8. The van der Waals surface area contributed by atoms with Gasteiger partial charge in [0.25, 0.3) is 11.8 Å². The summed E-state index contributed by atoms with van der Waals surface area (Å²) in [7, 11) is 1.32. The van der Waals surface area contributed by atoms with Crippen LogP contribution in [-0.4, -0.2) is 38.4 Å². The number of nitrogens with zero attached hydrogens (tertiary/aromatic N) is 1. The maximum Gasteiger partial charge on any atom is 0.387 e. The molecule has 0 spiro atoms. The molecule has 188 valence electrons. The van der Waals surface area contributed by atoms with Crippen LogP contribution in [0.1, 0.15) is 34.5 Å². The van der Waals surface area contributed by atoms with Gasteiger partial charge in [-0.3, -0.25) is 9.59 Å². The Balaban J connectivity index is 1.55. The van der Waals surface area contributed by atoms with Gasteiger partial charge in [0.2, 0.25) is 0 Å². The Morgan fingerprint density at radius 3 is 2.44 bits per heavy atom. The molecule has 0 bridgehead atoms. The van der Waals surface area contributed by atoms with Crippen LogP contribution in [0.15, 0.2) is 78.0 Å². The highest BCUT2D eigenvalue weighted by Gasteiger charge is 2.16. The van der Waals surface area contributed by atoms with Gasteiger partial charge in [-0.15, -0.1) is 0 Å². The Morgan fingerprint density at radius 2 is 1.72 bits per heavy atom. The summed E-state index contributed by atoms with van der Waals surface area (Å²) in [5.74, 6) is -0.893. The molecule has 3 aromatic carbocycles. The smallest absolute Gasteiger partial charge is 0.387 e. The van der Waals surface area contributed by atoms with Crippen molar-refractivity contribution >= 4 is 23.7 Å². The van der Waals surface area contributed by atoms with E-state index in [0.717, 1.165) is 5.56 Å². The molecule has 36 heavy (non-hydrogen) atoms. The number of anilines is 1. The molecule has 0 fully saturated rings. The van der Waals surface area contributed by atoms with Crippen LogP contribution in [0.4, 0.5) is 14.5 Å². The average molecular weight is 497 g/mol. The number of amides is 2. The normalized spacial score (nSPS) is 11.7. The topological polar surface area (TPSA) is 98.3 Å². The first-order valence-corrected chi connectivity index (χ1v) is 10.9. The van der Waals surface area contributed by atoms with Gasteiger partial charge < -0.3 is 24.9 Å². The summed E-state index contributed by atoms with van der Waals surface area (Å²) in [4.78, 5) is 30.2. The van der Waals surface area contributed by atoms with Gasteiger partial charge >= 0.3 is 6.61 Å². The second-order valence-electron chi connectivity index (χ2n) is 7.50. The third-order valence-electron chi connectivity index (χ3n) is 4.97. The molecule has 2 N–H and O–H groups in total. The predicted octanol–water partition coefficient (Wildman–Crippen LogP) is 4.78. The van der Waals surface area contributed by atoms with Crippen molar-refractivity contribution in [1.82, 2.24) is 5.32 Å². The number of alkyl halides is 2. The van der Waals surface area contributed by atoms with Gasteiger partial charge in [-0.2, -0.15) is 8.78 Å². The lowest BCUT2D eigenvalue weighted by molar-refractivity contribution is -0.120. The highest BCUT2D eigenvalue weighted by atomic mass is 19.3. The molecule has 0 heterocycles. The zero-order valence-corrected chi connectivity index (χ0v) is 19.6. The first-order valence-electron chi connectivity index (χ1n) is 10.9. The molecule has 1 atom stereocenters.